The highest BCUT2D eigenvalue weighted by Gasteiger charge is 2.66. The number of rotatable bonds is 7. The summed E-state index contributed by atoms with van der Waals surface area (Å²) < 4.78 is 70.5. The molecule has 0 radical (unpaired) electrons. The summed E-state index contributed by atoms with van der Waals surface area (Å²) in [6, 6.07) is 10.0. The zero-order valence-electron chi connectivity index (χ0n) is 27.9. The number of halogens is 6. The Kier molecular flexibility index (Phi) is 8.88. The largest absolute Gasteiger partial charge is 0.394 e. The van der Waals surface area contributed by atoms with Crippen molar-refractivity contribution < 1.29 is 37.6 Å². The van der Waals surface area contributed by atoms with Crippen molar-refractivity contribution in [1.29, 1.82) is 0 Å². The SMILES string of the molecule is Cc1nc(C2(n3cc(-c4ccc(Cl)c(F)c4F)cn3)O[C@@H](CO)[C@@H](O)C[C@@]2(O)n2cc(-c3ccc(Cl)c(F)c3F)cn2)n(-c2ccc3nc(C)sc3c2)n1. The van der Waals surface area contributed by atoms with E-state index in [0.29, 0.717) is 11.2 Å². The normalized spacial score (nSPS) is 21.7. The molecule has 12 nitrogen and oxygen atoms in total. The van der Waals surface area contributed by atoms with Crippen molar-refractivity contribution in [3.63, 3.8) is 0 Å². The van der Waals surface area contributed by atoms with Gasteiger partial charge >= 0.3 is 0 Å². The predicted molar refractivity (Wildman–Crippen MR) is 189 cm³/mol. The first kappa shape index (κ1) is 36.2. The standard InChI is InChI=1S/C35H26Cl2F4N8O4S/c1-16-44-33(49(46-16)20-3-8-25-28(9-20)54-17(2)45-25)35(48-14-19(12-43-48)22-5-7-24(37)32(41)30(22)39)34(52,10-26(51)27(15-50)53-35)47-13-18(11-42-47)21-4-6-23(36)31(40)29(21)38/h3-9,11-14,26-27,50-52H,10,15H2,1-2H3/t26-,27-,34-,35?/m0/s1. The van der Waals surface area contributed by atoms with Crippen LogP contribution in [0.3, 0.4) is 0 Å². The van der Waals surface area contributed by atoms with Crippen molar-refractivity contribution in [3.05, 3.63) is 117 Å². The number of aryl methyl sites for hydroxylation is 2. The highest BCUT2D eigenvalue weighted by molar-refractivity contribution is 7.18. The highest BCUT2D eigenvalue weighted by atomic mass is 35.5. The number of nitrogens with zero attached hydrogens (tertiary/aromatic N) is 8. The van der Waals surface area contributed by atoms with Crippen molar-refractivity contribution in [3.8, 4) is 27.9 Å². The molecule has 0 spiro atoms. The number of benzene rings is 3. The fourth-order valence-corrected chi connectivity index (χ4v) is 7.86. The van der Waals surface area contributed by atoms with Gasteiger partial charge in [0.1, 0.15) is 11.9 Å². The summed E-state index contributed by atoms with van der Waals surface area (Å²) in [5.74, 6) is -5.14. The Bertz CT molecular complexity index is 2600. The molecule has 1 fully saturated rings. The van der Waals surface area contributed by atoms with Crippen molar-refractivity contribution in [2.24, 2.45) is 0 Å². The summed E-state index contributed by atoms with van der Waals surface area (Å²) in [6.45, 7) is 2.67. The topological polar surface area (TPSA) is 149 Å². The second-order valence-corrected chi connectivity index (χ2v) is 14.7. The van der Waals surface area contributed by atoms with Crippen molar-refractivity contribution >= 4 is 44.8 Å². The quantitative estimate of drug-likeness (QED) is 0.125. The third kappa shape index (κ3) is 5.53. The first-order valence-electron chi connectivity index (χ1n) is 16.1. The molecular weight excluding hydrogens is 775 g/mol. The lowest BCUT2D eigenvalue weighted by molar-refractivity contribution is -0.338. The van der Waals surface area contributed by atoms with E-state index in [4.69, 9.17) is 32.9 Å². The van der Waals surface area contributed by atoms with Crippen LogP contribution in [0.5, 0.6) is 0 Å². The second kappa shape index (κ2) is 13.2. The Labute approximate surface area is 316 Å². The molecule has 3 aromatic carbocycles. The van der Waals surface area contributed by atoms with Crippen LogP contribution in [0, 0.1) is 37.1 Å². The van der Waals surface area contributed by atoms with E-state index in [-0.39, 0.29) is 33.9 Å². The summed E-state index contributed by atoms with van der Waals surface area (Å²) in [4.78, 5) is 9.22. The van der Waals surface area contributed by atoms with Gasteiger partial charge in [0, 0.05) is 41.1 Å². The third-order valence-electron chi connectivity index (χ3n) is 9.27. The Hall–Kier alpha value is -4.75. The average molecular weight is 802 g/mol. The van der Waals surface area contributed by atoms with E-state index in [9.17, 15) is 24.1 Å². The molecule has 1 saturated heterocycles. The molecule has 5 heterocycles. The lowest BCUT2D eigenvalue weighted by Gasteiger charge is -2.51. The molecule has 278 valence electrons. The number of thiazole rings is 1. The fourth-order valence-electron chi connectivity index (χ4n) is 6.70. The van der Waals surface area contributed by atoms with Gasteiger partial charge in [-0.3, -0.25) is 0 Å². The molecule has 1 aliphatic rings. The van der Waals surface area contributed by atoms with Crippen LogP contribution in [-0.4, -0.2) is 73.4 Å². The maximum atomic E-state index is 15.3. The smallest absolute Gasteiger partial charge is 0.272 e. The Balaban J connectivity index is 1.41. The maximum Gasteiger partial charge on any atom is 0.272 e. The molecule has 0 aliphatic carbocycles. The molecule has 19 heteroatoms. The lowest BCUT2D eigenvalue weighted by atomic mass is 9.86. The molecule has 0 amide bonds. The molecule has 8 rings (SSSR count). The molecule has 1 unspecified atom stereocenters. The molecule has 0 saturated carbocycles. The van der Waals surface area contributed by atoms with E-state index in [0.717, 1.165) is 37.4 Å². The lowest BCUT2D eigenvalue weighted by Crippen LogP contribution is -2.68. The number of fused-ring (bicyclic) bond motifs is 1. The Morgan fingerprint density at radius 3 is 2.11 bits per heavy atom. The van der Waals surface area contributed by atoms with E-state index >= 15 is 8.78 Å². The van der Waals surface area contributed by atoms with Crippen LogP contribution in [0.2, 0.25) is 10.0 Å². The van der Waals surface area contributed by atoms with Gasteiger partial charge in [-0.25, -0.2) is 41.6 Å². The number of aliphatic hydroxyl groups is 3. The van der Waals surface area contributed by atoms with Gasteiger partial charge in [0.15, 0.2) is 29.1 Å². The van der Waals surface area contributed by atoms with Crippen LogP contribution >= 0.6 is 34.5 Å². The Morgan fingerprint density at radius 2 is 1.48 bits per heavy atom. The molecule has 4 atom stereocenters. The number of aliphatic hydroxyl groups excluding tert-OH is 2. The number of hydrogen-bond donors (Lipinski definition) is 3. The number of aromatic nitrogens is 8. The van der Waals surface area contributed by atoms with E-state index < -0.39 is 70.0 Å². The number of hydrogen-bond acceptors (Lipinski definition) is 10. The van der Waals surface area contributed by atoms with Gasteiger partial charge in [-0.2, -0.15) is 15.3 Å². The third-order valence-corrected chi connectivity index (χ3v) is 10.8. The summed E-state index contributed by atoms with van der Waals surface area (Å²) in [5, 5.41) is 48.3. The fraction of sp³-hybridized carbons (Fsp3) is 0.229. The van der Waals surface area contributed by atoms with Crippen molar-refractivity contribution in [2.75, 3.05) is 6.61 Å². The average Bonchev–Trinajstić information content (AvgIpc) is 3.96. The predicted octanol–water partition coefficient (Wildman–Crippen LogP) is 6.27. The summed E-state index contributed by atoms with van der Waals surface area (Å²) >= 11 is 13.0. The van der Waals surface area contributed by atoms with Gasteiger partial charge in [-0.05, 0) is 56.3 Å². The van der Waals surface area contributed by atoms with Gasteiger partial charge in [0.25, 0.3) is 5.72 Å². The van der Waals surface area contributed by atoms with E-state index in [2.05, 4.69) is 20.3 Å². The zero-order chi connectivity index (χ0) is 38.3. The molecule has 54 heavy (non-hydrogen) atoms. The minimum absolute atomic E-state index is 0.00395. The minimum atomic E-state index is -2.60. The van der Waals surface area contributed by atoms with Crippen LogP contribution in [0.4, 0.5) is 17.6 Å². The van der Waals surface area contributed by atoms with Crippen LogP contribution in [0.25, 0.3) is 38.2 Å². The van der Waals surface area contributed by atoms with Crippen LogP contribution in [-0.2, 0) is 16.2 Å². The van der Waals surface area contributed by atoms with Gasteiger partial charge in [0.2, 0.25) is 5.72 Å². The van der Waals surface area contributed by atoms with Gasteiger partial charge < -0.3 is 20.1 Å². The van der Waals surface area contributed by atoms with Crippen LogP contribution in [0.1, 0.15) is 23.1 Å². The van der Waals surface area contributed by atoms with E-state index in [1.807, 2.05) is 6.92 Å². The summed E-state index contributed by atoms with van der Waals surface area (Å²) in [7, 11) is 0. The molecule has 1 aliphatic heterocycles. The summed E-state index contributed by atoms with van der Waals surface area (Å²) in [5.41, 5.74) is -4.43. The highest BCUT2D eigenvalue weighted by Crippen LogP contribution is 2.50. The monoisotopic (exact) mass is 800 g/mol. The Morgan fingerprint density at radius 1 is 0.870 bits per heavy atom. The molecule has 3 N–H and O–H groups in total. The zero-order valence-corrected chi connectivity index (χ0v) is 30.3. The van der Waals surface area contributed by atoms with Crippen LogP contribution < -0.4 is 0 Å². The molecule has 0 bridgehead atoms. The summed E-state index contributed by atoms with van der Waals surface area (Å²) in [6.07, 6.45) is 1.16. The van der Waals surface area contributed by atoms with Crippen molar-refractivity contribution in [2.45, 2.75) is 43.9 Å². The minimum Gasteiger partial charge on any atom is -0.394 e. The second-order valence-electron chi connectivity index (χ2n) is 12.6. The molecular formula is C35H26Cl2F4N8O4S. The van der Waals surface area contributed by atoms with Crippen LogP contribution in [0.15, 0.2) is 67.3 Å². The van der Waals surface area contributed by atoms with E-state index in [1.54, 1.807) is 25.1 Å². The van der Waals surface area contributed by atoms with Gasteiger partial charge in [-0.1, -0.05) is 23.2 Å². The van der Waals surface area contributed by atoms with Crippen molar-refractivity contribution in [1.82, 2.24) is 39.3 Å². The maximum absolute atomic E-state index is 15.3. The first-order valence-corrected chi connectivity index (χ1v) is 17.7. The molecule has 4 aromatic heterocycles. The van der Waals surface area contributed by atoms with Gasteiger partial charge in [-0.15, -0.1) is 11.3 Å². The number of ether oxygens (including phenoxy) is 1. The van der Waals surface area contributed by atoms with Gasteiger partial charge in [0.05, 0.1) is 56.1 Å². The first-order chi connectivity index (χ1) is 25.7. The molecule has 7 aromatic rings. The van der Waals surface area contributed by atoms with E-state index in [1.165, 1.54) is 46.7 Å².